The SMILES string of the molecule is CC1CCCN1CCOc1ccc(-n2nc(N)nc2N)cc1. The van der Waals surface area contributed by atoms with Crippen molar-refractivity contribution in [2.45, 2.75) is 25.8 Å². The van der Waals surface area contributed by atoms with Gasteiger partial charge in [0, 0.05) is 12.6 Å². The summed E-state index contributed by atoms with van der Waals surface area (Å²) in [5.41, 5.74) is 12.1. The van der Waals surface area contributed by atoms with Crippen LogP contribution in [0.25, 0.3) is 5.69 Å². The fourth-order valence-corrected chi connectivity index (χ4v) is 2.82. The summed E-state index contributed by atoms with van der Waals surface area (Å²) < 4.78 is 7.30. The van der Waals surface area contributed by atoms with Crippen molar-refractivity contribution in [2.75, 3.05) is 31.2 Å². The van der Waals surface area contributed by atoms with Gasteiger partial charge >= 0.3 is 0 Å². The van der Waals surface area contributed by atoms with Crippen molar-refractivity contribution >= 4 is 11.9 Å². The molecule has 0 bridgehead atoms. The monoisotopic (exact) mass is 302 g/mol. The molecule has 2 heterocycles. The molecule has 1 aliphatic rings. The number of hydrogen-bond acceptors (Lipinski definition) is 6. The fourth-order valence-electron chi connectivity index (χ4n) is 2.82. The molecule has 0 saturated carbocycles. The number of nitrogen functional groups attached to an aromatic ring is 2. The third-order valence-electron chi connectivity index (χ3n) is 4.07. The highest BCUT2D eigenvalue weighted by Gasteiger charge is 2.19. The van der Waals surface area contributed by atoms with Gasteiger partial charge in [-0.25, -0.2) is 0 Å². The van der Waals surface area contributed by atoms with Crippen LogP contribution in [-0.4, -0.2) is 45.4 Å². The largest absolute Gasteiger partial charge is 0.492 e. The summed E-state index contributed by atoms with van der Waals surface area (Å²) in [7, 11) is 0. The Balaban J connectivity index is 1.56. The Hall–Kier alpha value is -2.28. The second kappa shape index (κ2) is 6.23. The molecule has 1 saturated heterocycles. The molecule has 1 aromatic carbocycles. The average Bonchev–Trinajstić information content (AvgIpc) is 3.05. The number of anilines is 2. The van der Waals surface area contributed by atoms with E-state index in [1.807, 2.05) is 24.3 Å². The second-order valence-electron chi connectivity index (χ2n) is 5.61. The van der Waals surface area contributed by atoms with Crippen molar-refractivity contribution in [2.24, 2.45) is 0 Å². The van der Waals surface area contributed by atoms with Gasteiger partial charge in [0.05, 0.1) is 5.69 Å². The number of nitrogens with zero attached hydrogens (tertiary/aromatic N) is 4. The molecule has 0 radical (unpaired) electrons. The normalized spacial score (nSPS) is 18.7. The highest BCUT2D eigenvalue weighted by molar-refractivity contribution is 5.42. The van der Waals surface area contributed by atoms with Crippen LogP contribution in [0.4, 0.5) is 11.9 Å². The van der Waals surface area contributed by atoms with Gasteiger partial charge in [-0.2, -0.15) is 9.67 Å². The van der Waals surface area contributed by atoms with E-state index in [4.69, 9.17) is 16.2 Å². The van der Waals surface area contributed by atoms with Gasteiger partial charge in [0.25, 0.3) is 0 Å². The molecule has 4 N–H and O–H groups in total. The number of rotatable bonds is 5. The van der Waals surface area contributed by atoms with E-state index in [1.165, 1.54) is 24.1 Å². The number of aromatic nitrogens is 3. The fraction of sp³-hybridized carbons (Fsp3) is 0.467. The Kier molecular flexibility index (Phi) is 4.15. The molecule has 118 valence electrons. The topological polar surface area (TPSA) is 95.2 Å². The molecule has 1 unspecified atom stereocenters. The maximum Gasteiger partial charge on any atom is 0.241 e. The number of likely N-dealkylation sites (tertiary alicyclic amines) is 1. The molecule has 1 aromatic heterocycles. The lowest BCUT2D eigenvalue weighted by atomic mass is 10.2. The third-order valence-corrected chi connectivity index (χ3v) is 4.07. The Labute approximate surface area is 129 Å². The van der Waals surface area contributed by atoms with Crippen LogP contribution in [0.15, 0.2) is 24.3 Å². The van der Waals surface area contributed by atoms with E-state index in [0.29, 0.717) is 12.6 Å². The summed E-state index contributed by atoms with van der Waals surface area (Å²) in [6, 6.07) is 8.25. The predicted molar refractivity (Wildman–Crippen MR) is 85.9 cm³/mol. The highest BCUT2D eigenvalue weighted by Crippen LogP contribution is 2.18. The van der Waals surface area contributed by atoms with Crippen LogP contribution >= 0.6 is 0 Å². The number of nitrogens with two attached hydrogens (primary N) is 2. The van der Waals surface area contributed by atoms with Crippen molar-refractivity contribution in [3.05, 3.63) is 24.3 Å². The first kappa shape index (κ1) is 14.6. The lowest BCUT2D eigenvalue weighted by Gasteiger charge is -2.20. The molecule has 2 aromatic rings. The summed E-state index contributed by atoms with van der Waals surface area (Å²) in [5, 5.41) is 4.04. The van der Waals surface area contributed by atoms with Crippen LogP contribution in [0, 0.1) is 0 Å². The first-order valence-corrected chi connectivity index (χ1v) is 7.59. The maximum absolute atomic E-state index is 5.80. The molecule has 3 rings (SSSR count). The number of ether oxygens (including phenoxy) is 1. The minimum atomic E-state index is 0.164. The number of hydrogen-bond donors (Lipinski definition) is 2. The predicted octanol–water partition coefficient (Wildman–Crippen LogP) is 1.29. The van der Waals surface area contributed by atoms with Crippen LogP contribution in [-0.2, 0) is 0 Å². The minimum Gasteiger partial charge on any atom is -0.492 e. The molecule has 22 heavy (non-hydrogen) atoms. The smallest absolute Gasteiger partial charge is 0.241 e. The Morgan fingerprint density at radius 2 is 2.05 bits per heavy atom. The Morgan fingerprint density at radius 1 is 1.27 bits per heavy atom. The minimum absolute atomic E-state index is 0.164. The molecular weight excluding hydrogens is 280 g/mol. The van der Waals surface area contributed by atoms with Crippen LogP contribution in [0.1, 0.15) is 19.8 Å². The van der Waals surface area contributed by atoms with Gasteiger partial charge in [-0.15, -0.1) is 5.10 Å². The van der Waals surface area contributed by atoms with E-state index >= 15 is 0 Å². The first-order valence-electron chi connectivity index (χ1n) is 7.59. The molecule has 1 atom stereocenters. The van der Waals surface area contributed by atoms with Crippen molar-refractivity contribution in [1.82, 2.24) is 19.7 Å². The summed E-state index contributed by atoms with van der Waals surface area (Å²) in [4.78, 5) is 6.35. The quantitative estimate of drug-likeness (QED) is 0.864. The lowest BCUT2D eigenvalue weighted by molar-refractivity contribution is 0.204. The van der Waals surface area contributed by atoms with Gasteiger partial charge in [-0.05, 0) is 50.6 Å². The molecule has 7 nitrogen and oxygen atoms in total. The van der Waals surface area contributed by atoms with Gasteiger partial charge in [0.1, 0.15) is 12.4 Å². The Bertz CT molecular complexity index is 623. The second-order valence-corrected chi connectivity index (χ2v) is 5.61. The van der Waals surface area contributed by atoms with E-state index < -0.39 is 0 Å². The standard InChI is InChI=1S/C15H22N6O/c1-11-3-2-8-20(11)9-10-22-13-6-4-12(5-7-13)21-15(17)18-14(16)19-21/h4-7,11H,2-3,8-10H2,1H3,(H4,16,17,18,19). The van der Waals surface area contributed by atoms with E-state index in [1.54, 1.807) is 0 Å². The third kappa shape index (κ3) is 3.14. The van der Waals surface area contributed by atoms with E-state index in [-0.39, 0.29) is 11.9 Å². The van der Waals surface area contributed by atoms with Crippen LogP contribution in [0.3, 0.4) is 0 Å². The lowest BCUT2D eigenvalue weighted by Crippen LogP contribution is -2.31. The molecule has 0 aliphatic carbocycles. The van der Waals surface area contributed by atoms with Crippen molar-refractivity contribution in [3.63, 3.8) is 0 Å². The summed E-state index contributed by atoms with van der Waals surface area (Å²) in [6.45, 7) is 5.12. The highest BCUT2D eigenvalue weighted by atomic mass is 16.5. The van der Waals surface area contributed by atoms with E-state index in [0.717, 1.165) is 18.0 Å². The zero-order valence-electron chi connectivity index (χ0n) is 12.8. The summed E-state index contributed by atoms with van der Waals surface area (Å²) >= 11 is 0. The van der Waals surface area contributed by atoms with Gasteiger partial charge < -0.3 is 16.2 Å². The van der Waals surface area contributed by atoms with Gasteiger partial charge in [0.2, 0.25) is 11.9 Å². The summed E-state index contributed by atoms with van der Waals surface area (Å²) in [6.07, 6.45) is 2.58. The van der Waals surface area contributed by atoms with Gasteiger partial charge in [-0.3, -0.25) is 4.90 Å². The van der Waals surface area contributed by atoms with E-state index in [9.17, 15) is 0 Å². The zero-order chi connectivity index (χ0) is 15.5. The maximum atomic E-state index is 5.80. The van der Waals surface area contributed by atoms with Crippen LogP contribution < -0.4 is 16.2 Å². The molecule has 1 aliphatic heterocycles. The zero-order valence-corrected chi connectivity index (χ0v) is 12.8. The Morgan fingerprint density at radius 3 is 2.64 bits per heavy atom. The van der Waals surface area contributed by atoms with Gasteiger partial charge in [-0.1, -0.05) is 0 Å². The molecular formula is C15H22N6O. The van der Waals surface area contributed by atoms with Crippen LogP contribution in [0.2, 0.25) is 0 Å². The van der Waals surface area contributed by atoms with Crippen molar-refractivity contribution < 1.29 is 4.74 Å². The van der Waals surface area contributed by atoms with Crippen LogP contribution in [0.5, 0.6) is 5.75 Å². The summed E-state index contributed by atoms with van der Waals surface area (Å²) in [5.74, 6) is 1.27. The molecule has 0 spiro atoms. The van der Waals surface area contributed by atoms with E-state index in [2.05, 4.69) is 21.9 Å². The number of benzene rings is 1. The first-order chi connectivity index (χ1) is 10.6. The van der Waals surface area contributed by atoms with Gasteiger partial charge in [0.15, 0.2) is 0 Å². The van der Waals surface area contributed by atoms with Crippen molar-refractivity contribution in [1.29, 1.82) is 0 Å². The molecule has 1 fully saturated rings. The van der Waals surface area contributed by atoms with Crippen molar-refractivity contribution in [3.8, 4) is 11.4 Å². The average molecular weight is 302 g/mol. The molecule has 0 amide bonds. The molecule has 7 heteroatoms.